The van der Waals surface area contributed by atoms with E-state index in [4.69, 9.17) is 21.1 Å². The summed E-state index contributed by atoms with van der Waals surface area (Å²) in [7, 11) is -2.61. The van der Waals surface area contributed by atoms with E-state index in [0.29, 0.717) is 0 Å². The minimum absolute atomic E-state index is 0.125. The fourth-order valence-electron chi connectivity index (χ4n) is 2.40. The molecule has 1 aliphatic rings. The molecule has 0 spiro atoms. The van der Waals surface area contributed by atoms with E-state index >= 15 is 0 Å². The first-order chi connectivity index (χ1) is 10.8. The van der Waals surface area contributed by atoms with Crippen LogP contribution in [0.5, 0.6) is 5.75 Å². The molecular weight excluding hydrogens is 346 g/mol. The van der Waals surface area contributed by atoms with Crippen LogP contribution in [-0.2, 0) is 19.6 Å². The molecule has 1 fully saturated rings. The molecule has 9 heteroatoms. The molecule has 0 atom stereocenters. The molecule has 1 aromatic carbocycles. The number of sulfonamides is 1. The van der Waals surface area contributed by atoms with Gasteiger partial charge in [-0.15, -0.1) is 0 Å². The lowest BCUT2D eigenvalue weighted by atomic mass is 9.80. The zero-order valence-corrected chi connectivity index (χ0v) is 14.1. The molecular formula is C14H18ClNO6S. The number of hydrogen-bond donors (Lipinski definition) is 2. The van der Waals surface area contributed by atoms with Gasteiger partial charge in [-0.05, 0) is 31.0 Å². The van der Waals surface area contributed by atoms with Gasteiger partial charge in [0.2, 0.25) is 10.0 Å². The first-order valence-electron chi connectivity index (χ1n) is 6.95. The number of carboxylic acids is 1. The van der Waals surface area contributed by atoms with Crippen LogP contribution in [0.15, 0.2) is 23.1 Å². The number of rotatable bonds is 6. The van der Waals surface area contributed by atoms with Crippen molar-refractivity contribution in [1.82, 2.24) is 4.72 Å². The van der Waals surface area contributed by atoms with E-state index in [1.807, 2.05) is 0 Å². The lowest BCUT2D eigenvalue weighted by Gasteiger charge is -2.33. The number of carboxylic acid groups (broad SMARTS) is 1. The second-order valence-corrected chi connectivity index (χ2v) is 7.49. The summed E-state index contributed by atoms with van der Waals surface area (Å²) in [6, 6.07) is 4.22. The summed E-state index contributed by atoms with van der Waals surface area (Å²) in [5.74, 6) is -0.903. The van der Waals surface area contributed by atoms with Crippen molar-refractivity contribution in [2.45, 2.75) is 17.7 Å². The normalized spacial score (nSPS) is 17.7. The van der Waals surface area contributed by atoms with Crippen molar-refractivity contribution in [3.05, 3.63) is 23.2 Å². The molecule has 1 heterocycles. The molecule has 0 radical (unpaired) electrons. The molecule has 0 aliphatic carbocycles. The predicted octanol–water partition coefficient (Wildman–Crippen LogP) is 1.51. The Morgan fingerprint density at radius 1 is 1.43 bits per heavy atom. The van der Waals surface area contributed by atoms with Gasteiger partial charge in [0.05, 0.1) is 12.5 Å². The monoisotopic (exact) mass is 363 g/mol. The number of halogens is 1. The fourth-order valence-corrected chi connectivity index (χ4v) is 3.96. The summed E-state index contributed by atoms with van der Waals surface area (Å²) in [5, 5.41) is 9.71. The summed E-state index contributed by atoms with van der Waals surface area (Å²) in [4.78, 5) is 11.4. The van der Waals surface area contributed by atoms with Gasteiger partial charge in [-0.3, -0.25) is 4.79 Å². The Labute approximate surface area is 139 Å². The Hall–Kier alpha value is -1.35. The summed E-state index contributed by atoms with van der Waals surface area (Å²) in [6.07, 6.45) is 0.495. The SMILES string of the molecule is COc1ccc(Cl)cc1S(=O)(=O)NCC1(C(=O)O)CCOCC1. The summed E-state index contributed by atoms with van der Waals surface area (Å²) in [5.41, 5.74) is -1.17. The molecule has 0 bridgehead atoms. The van der Waals surface area contributed by atoms with Crippen LogP contribution in [0.2, 0.25) is 5.02 Å². The summed E-state index contributed by atoms with van der Waals surface area (Å²) in [6.45, 7) is 0.354. The third-order valence-electron chi connectivity index (χ3n) is 3.92. The highest BCUT2D eigenvalue weighted by molar-refractivity contribution is 7.89. The molecule has 23 heavy (non-hydrogen) atoms. The highest BCUT2D eigenvalue weighted by Gasteiger charge is 2.41. The topological polar surface area (TPSA) is 102 Å². The minimum Gasteiger partial charge on any atom is -0.495 e. The molecule has 1 saturated heterocycles. The van der Waals surface area contributed by atoms with Crippen LogP contribution >= 0.6 is 11.6 Å². The van der Waals surface area contributed by atoms with Crippen LogP contribution in [-0.4, -0.2) is 46.4 Å². The highest BCUT2D eigenvalue weighted by atomic mass is 35.5. The van der Waals surface area contributed by atoms with Crippen LogP contribution in [0.1, 0.15) is 12.8 Å². The molecule has 7 nitrogen and oxygen atoms in total. The smallest absolute Gasteiger partial charge is 0.311 e. The van der Waals surface area contributed by atoms with E-state index in [0.717, 1.165) is 0 Å². The van der Waals surface area contributed by atoms with Crippen LogP contribution in [0.25, 0.3) is 0 Å². The van der Waals surface area contributed by atoms with Crippen molar-refractivity contribution in [1.29, 1.82) is 0 Å². The van der Waals surface area contributed by atoms with Crippen molar-refractivity contribution in [3.8, 4) is 5.75 Å². The van der Waals surface area contributed by atoms with Crippen molar-refractivity contribution in [2.24, 2.45) is 5.41 Å². The van der Waals surface area contributed by atoms with Gasteiger partial charge < -0.3 is 14.6 Å². The van der Waals surface area contributed by atoms with Crippen LogP contribution in [0.4, 0.5) is 0 Å². The minimum atomic E-state index is -3.96. The van der Waals surface area contributed by atoms with E-state index in [-0.39, 0.29) is 48.3 Å². The maximum absolute atomic E-state index is 12.5. The quantitative estimate of drug-likeness (QED) is 0.794. The highest BCUT2D eigenvalue weighted by Crippen LogP contribution is 2.32. The molecule has 0 unspecified atom stereocenters. The number of benzene rings is 1. The number of aliphatic carboxylic acids is 1. The second kappa shape index (κ2) is 7.04. The molecule has 0 aromatic heterocycles. The molecule has 1 aliphatic heterocycles. The lowest BCUT2D eigenvalue weighted by molar-refractivity contribution is -0.154. The first-order valence-corrected chi connectivity index (χ1v) is 8.81. The number of ether oxygens (including phenoxy) is 2. The van der Waals surface area contributed by atoms with E-state index in [1.165, 1.54) is 25.3 Å². The largest absolute Gasteiger partial charge is 0.495 e. The number of carbonyl (C=O) groups is 1. The third-order valence-corrected chi connectivity index (χ3v) is 5.58. The van der Waals surface area contributed by atoms with E-state index < -0.39 is 21.4 Å². The van der Waals surface area contributed by atoms with Gasteiger partial charge in [0.25, 0.3) is 0 Å². The molecule has 2 rings (SSSR count). The Bertz CT molecular complexity index is 685. The van der Waals surface area contributed by atoms with E-state index in [1.54, 1.807) is 0 Å². The van der Waals surface area contributed by atoms with Gasteiger partial charge >= 0.3 is 5.97 Å². The number of nitrogens with one attached hydrogen (secondary N) is 1. The molecule has 1 aromatic rings. The first kappa shape index (κ1) is 18.0. The maximum atomic E-state index is 12.5. The van der Waals surface area contributed by atoms with E-state index in [9.17, 15) is 18.3 Å². The Morgan fingerprint density at radius 2 is 2.09 bits per heavy atom. The standard InChI is InChI=1S/C14H18ClNO6S/c1-21-11-3-2-10(15)8-12(11)23(19,20)16-9-14(13(17)18)4-6-22-7-5-14/h2-3,8,16H,4-7,9H2,1H3,(H,17,18). The van der Waals surface area contributed by atoms with E-state index in [2.05, 4.69) is 4.72 Å². The molecule has 128 valence electrons. The van der Waals surface area contributed by atoms with Gasteiger partial charge in [-0.2, -0.15) is 0 Å². The molecule has 0 saturated carbocycles. The fraction of sp³-hybridized carbons (Fsp3) is 0.500. The van der Waals surface area contributed by atoms with Gasteiger partial charge in [-0.25, -0.2) is 13.1 Å². The summed E-state index contributed by atoms with van der Waals surface area (Å²) >= 11 is 5.85. The zero-order chi connectivity index (χ0) is 17.1. The zero-order valence-electron chi connectivity index (χ0n) is 12.5. The van der Waals surface area contributed by atoms with Crippen molar-refractivity contribution < 1.29 is 27.8 Å². The van der Waals surface area contributed by atoms with Crippen molar-refractivity contribution in [3.63, 3.8) is 0 Å². The van der Waals surface area contributed by atoms with Gasteiger partial charge in [0.15, 0.2) is 0 Å². The number of methoxy groups -OCH3 is 1. The second-order valence-electron chi connectivity index (χ2n) is 5.32. The Morgan fingerprint density at radius 3 is 2.65 bits per heavy atom. The van der Waals surface area contributed by atoms with Crippen molar-refractivity contribution in [2.75, 3.05) is 26.9 Å². The lowest BCUT2D eigenvalue weighted by Crippen LogP contribution is -2.46. The molecule has 0 amide bonds. The predicted molar refractivity (Wildman–Crippen MR) is 83.3 cm³/mol. The average Bonchev–Trinajstić information content (AvgIpc) is 2.54. The van der Waals surface area contributed by atoms with Crippen LogP contribution in [0, 0.1) is 5.41 Å². The Balaban J connectivity index is 2.24. The van der Waals surface area contributed by atoms with Gasteiger partial charge in [0, 0.05) is 24.8 Å². The van der Waals surface area contributed by atoms with Gasteiger partial charge in [0.1, 0.15) is 10.6 Å². The third kappa shape index (κ3) is 3.95. The number of hydrogen-bond acceptors (Lipinski definition) is 5. The van der Waals surface area contributed by atoms with Crippen molar-refractivity contribution >= 4 is 27.6 Å². The van der Waals surface area contributed by atoms with Gasteiger partial charge in [-0.1, -0.05) is 11.6 Å². The Kier molecular flexibility index (Phi) is 5.51. The summed E-state index contributed by atoms with van der Waals surface area (Å²) < 4.78 is 37.6. The van der Waals surface area contributed by atoms with Crippen LogP contribution < -0.4 is 9.46 Å². The maximum Gasteiger partial charge on any atom is 0.311 e. The molecule has 2 N–H and O–H groups in total. The average molecular weight is 364 g/mol. The van der Waals surface area contributed by atoms with Crippen LogP contribution in [0.3, 0.4) is 0 Å².